The van der Waals surface area contributed by atoms with E-state index in [1.807, 2.05) is 0 Å². The number of aromatic nitrogens is 2. The minimum atomic E-state index is -0.470. The average molecular weight is 425 g/mol. The van der Waals surface area contributed by atoms with Crippen LogP contribution in [0.25, 0.3) is 0 Å². The van der Waals surface area contributed by atoms with Crippen LogP contribution in [-0.4, -0.2) is 69.9 Å². The lowest BCUT2D eigenvalue weighted by molar-refractivity contribution is -0.384. The fourth-order valence-corrected chi connectivity index (χ4v) is 3.92. The van der Waals surface area contributed by atoms with Gasteiger partial charge in [0.05, 0.1) is 23.7 Å². The zero-order valence-electron chi connectivity index (χ0n) is 17.4. The largest absolute Gasteiger partial charge is 0.353 e. The molecule has 2 aliphatic rings. The van der Waals surface area contributed by atoms with Crippen LogP contribution in [0.15, 0.2) is 30.6 Å². The van der Waals surface area contributed by atoms with Gasteiger partial charge in [-0.25, -0.2) is 14.8 Å². The smallest absolute Gasteiger partial charge is 0.324 e. The van der Waals surface area contributed by atoms with Gasteiger partial charge in [-0.2, -0.15) is 0 Å². The number of anilines is 2. The summed E-state index contributed by atoms with van der Waals surface area (Å²) < 4.78 is 0. The number of nitrogens with zero attached hydrogens (tertiary/aromatic N) is 7. The summed E-state index contributed by atoms with van der Waals surface area (Å²) in [6.07, 6.45) is 1.51. The molecular weight excluding hydrogens is 402 g/mol. The van der Waals surface area contributed by atoms with Gasteiger partial charge >= 0.3 is 6.03 Å². The van der Waals surface area contributed by atoms with Crippen LogP contribution in [0.1, 0.15) is 18.2 Å². The van der Waals surface area contributed by atoms with Crippen LogP contribution in [0.4, 0.5) is 22.0 Å². The summed E-state index contributed by atoms with van der Waals surface area (Å²) in [6, 6.07) is 5.70. The highest BCUT2D eigenvalue weighted by Gasteiger charge is 2.31. The van der Waals surface area contributed by atoms with E-state index >= 15 is 0 Å². The van der Waals surface area contributed by atoms with Gasteiger partial charge in [0.15, 0.2) is 0 Å². The highest BCUT2D eigenvalue weighted by Crippen LogP contribution is 2.30. The predicted molar refractivity (Wildman–Crippen MR) is 113 cm³/mol. The Morgan fingerprint density at radius 1 is 1.06 bits per heavy atom. The number of carbonyl (C=O) groups is 2. The first kappa shape index (κ1) is 20.5. The molecule has 4 rings (SSSR count). The fraction of sp³-hybridized carbons (Fsp3) is 0.400. The molecule has 0 spiro atoms. The number of benzene rings is 1. The lowest BCUT2D eigenvalue weighted by atomic mass is 10.1. The highest BCUT2D eigenvalue weighted by atomic mass is 16.6. The Labute approximate surface area is 179 Å². The van der Waals surface area contributed by atoms with Gasteiger partial charge in [0.1, 0.15) is 12.1 Å². The van der Waals surface area contributed by atoms with Crippen LogP contribution in [0.5, 0.6) is 0 Å². The number of nitro benzene ring substituents is 1. The van der Waals surface area contributed by atoms with Crippen molar-refractivity contribution < 1.29 is 14.5 Å². The van der Waals surface area contributed by atoms with Crippen molar-refractivity contribution in [2.45, 2.75) is 20.0 Å². The number of carbonyl (C=O) groups excluding carboxylic acids is 2. The summed E-state index contributed by atoms with van der Waals surface area (Å²) in [7, 11) is 1.70. The Hall–Kier alpha value is -3.76. The summed E-state index contributed by atoms with van der Waals surface area (Å²) in [5.41, 5.74) is 2.13. The van der Waals surface area contributed by atoms with Gasteiger partial charge in [-0.3, -0.25) is 19.8 Å². The second kappa shape index (κ2) is 8.17. The number of fused-ring (bicyclic) bond motifs is 1. The molecule has 0 N–H and O–H groups in total. The fourth-order valence-electron chi connectivity index (χ4n) is 3.92. The van der Waals surface area contributed by atoms with Crippen molar-refractivity contribution in [3.63, 3.8) is 0 Å². The number of rotatable bonds is 3. The second-order valence-electron chi connectivity index (χ2n) is 7.61. The Kier molecular flexibility index (Phi) is 5.40. The van der Waals surface area contributed by atoms with Crippen molar-refractivity contribution in [2.24, 2.45) is 0 Å². The van der Waals surface area contributed by atoms with Crippen LogP contribution >= 0.6 is 0 Å². The first-order chi connectivity index (χ1) is 14.8. The molecule has 1 fully saturated rings. The topological polar surface area (TPSA) is 116 Å². The molecule has 11 nitrogen and oxygen atoms in total. The maximum atomic E-state index is 13.1. The van der Waals surface area contributed by atoms with E-state index in [1.165, 1.54) is 18.5 Å². The number of piperazine rings is 1. The molecule has 0 atom stereocenters. The third kappa shape index (κ3) is 3.98. The van der Waals surface area contributed by atoms with Crippen molar-refractivity contribution in [1.29, 1.82) is 0 Å². The second-order valence-corrected chi connectivity index (χ2v) is 7.61. The van der Waals surface area contributed by atoms with E-state index < -0.39 is 4.92 Å². The molecule has 2 aromatic rings. The molecular formula is C20H23N7O4. The summed E-state index contributed by atoms with van der Waals surface area (Å²) in [4.78, 5) is 51.2. The number of nitro groups is 1. The molecule has 0 saturated carbocycles. The third-order valence-electron chi connectivity index (χ3n) is 5.67. The zero-order valence-corrected chi connectivity index (χ0v) is 17.4. The molecule has 31 heavy (non-hydrogen) atoms. The quantitative estimate of drug-likeness (QED) is 0.542. The lowest BCUT2D eigenvalue weighted by Crippen LogP contribution is -2.48. The third-order valence-corrected chi connectivity index (χ3v) is 5.67. The van der Waals surface area contributed by atoms with Crippen molar-refractivity contribution >= 4 is 29.1 Å². The Morgan fingerprint density at radius 2 is 1.74 bits per heavy atom. The molecule has 3 amide bonds. The van der Waals surface area contributed by atoms with Crippen molar-refractivity contribution in [3.8, 4) is 0 Å². The van der Waals surface area contributed by atoms with Gasteiger partial charge in [0.25, 0.3) is 5.69 Å². The predicted octanol–water partition coefficient (Wildman–Crippen LogP) is 1.63. The van der Waals surface area contributed by atoms with E-state index in [0.717, 1.165) is 17.1 Å². The monoisotopic (exact) mass is 425 g/mol. The van der Waals surface area contributed by atoms with E-state index in [9.17, 15) is 19.7 Å². The summed E-state index contributed by atoms with van der Waals surface area (Å²) >= 11 is 0. The minimum Gasteiger partial charge on any atom is -0.353 e. The van der Waals surface area contributed by atoms with Crippen LogP contribution in [0.3, 0.4) is 0 Å². The van der Waals surface area contributed by atoms with Gasteiger partial charge in [-0.05, 0) is 12.1 Å². The molecule has 11 heteroatoms. The van der Waals surface area contributed by atoms with E-state index in [1.54, 1.807) is 40.8 Å². The van der Waals surface area contributed by atoms with Crippen molar-refractivity contribution in [3.05, 3.63) is 52.0 Å². The van der Waals surface area contributed by atoms with Gasteiger partial charge in [-0.1, -0.05) is 0 Å². The minimum absolute atomic E-state index is 0.0351. The first-order valence-corrected chi connectivity index (χ1v) is 9.95. The Bertz CT molecular complexity index is 1020. The standard InChI is InChI=1S/C20H23N7O4/c1-14(28)24-7-9-25(10-8-24)19-17-11-26(15-3-5-16(6-4-15)27(30)31)20(29)23(2)12-18(17)21-13-22-19/h3-6,13H,7-12H2,1-2H3. The zero-order chi connectivity index (χ0) is 22.1. The van der Waals surface area contributed by atoms with Crippen LogP contribution in [0, 0.1) is 10.1 Å². The molecule has 3 heterocycles. The molecule has 0 aliphatic carbocycles. The SMILES string of the molecule is CC(=O)N1CCN(c2ncnc3c2CN(c2ccc([N+](=O)[O-])cc2)C(=O)N(C)C3)CC1. The summed E-state index contributed by atoms with van der Waals surface area (Å²) in [5.74, 6) is 0.806. The van der Waals surface area contributed by atoms with Crippen molar-refractivity contribution in [1.82, 2.24) is 19.8 Å². The number of urea groups is 1. The summed E-state index contributed by atoms with van der Waals surface area (Å²) in [6.45, 7) is 4.66. The Balaban J connectivity index is 1.67. The molecule has 0 bridgehead atoms. The number of non-ortho nitro benzene ring substituents is 1. The molecule has 162 valence electrons. The molecule has 0 unspecified atom stereocenters. The van der Waals surface area contributed by atoms with E-state index in [0.29, 0.717) is 38.4 Å². The summed E-state index contributed by atoms with van der Waals surface area (Å²) in [5, 5.41) is 11.0. The van der Waals surface area contributed by atoms with E-state index in [-0.39, 0.29) is 24.2 Å². The molecule has 1 aromatic carbocycles. The van der Waals surface area contributed by atoms with Gasteiger partial charge in [0, 0.05) is 63.5 Å². The normalized spacial score (nSPS) is 16.8. The van der Waals surface area contributed by atoms with Gasteiger partial charge in [-0.15, -0.1) is 0 Å². The van der Waals surface area contributed by atoms with Gasteiger partial charge < -0.3 is 14.7 Å². The number of amides is 3. The lowest BCUT2D eigenvalue weighted by Gasteiger charge is -2.36. The van der Waals surface area contributed by atoms with E-state index in [4.69, 9.17) is 0 Å². The molecule has 2 aliphatic heterocycles. The number of hydrogen-bond acceptors (Lipinski definition) is 7. The van der Waals surface area contributed by atoms with Crippen LogP contribution in [-0.2, 0) is 17.9 Å². The maximum absolute atomic E-state index is 13.1. The number of hydrogen-bond donors (Lipinski definition) is 0. The van der Waals surface area contributed by atoms with E-state index in [2.05, 4.69) is 14.9 Å². The first-order valence-electron chi connectivity index (χ1n) is 9.95. The maximum Gasteiger partial charge on any atom is 0.324 e. The van der Waals surface area contributed by atoms with Crippen LogP contribution < -0.4 is 9.80 Å². The van der Waals surface area contributed by atoms with Crippen molar-refractivity contribution in [2.75, 3.05) is 43.0 Å². The average Bonchev–Trinajstić information content (AvgIpc) is 2.90. The Morgan fingerprint density at radius 3 is 2.35 bits per heavy atom. The molecule has 1 aromatic heterocycles. The molecule has 1 saturated heterocycles. The van der Waals surface area contributed by atoms with Crippen LogP contribution in [0.2, 0.25) is 0 Å². The highest BCUT2D eigenvalue weighted by molar-refractivity contribution is 5.92. The van der Waals surface area contributed by atoms with Gasteiger partial charge in [0.2, 0.25) is 5.91 Å². The molecule has 0 radical (unpaired) electrons.